The zero-order chi connectivity index (χ0) is 65.5. The van der Waals surface area contributed by atoms with E-state index < -0.39 is 7.12 Å². The number of hydrogen-bond donors (Lipinski definition) is 0. The van der Waals surface area contributed by atoms with Gasteiger partial charge < -0.3 is 27.0 Å². The Balaban J connectivity index is 0.000000110. The second-order valence-corrected chi connectivity index (χ2v) is 26.6. The number of benzene rings is 14. The molecule has 7 heterocycles. The molecular formula is C86H56BClN4O6. The van der Waals surface area contributed by atoms with Crippen LogP contribution in [0.1, 0.15) is 27.7 Å². The lowest BCUT2D eigenvalue weighted by molar-refractivity contribution is 0.00578. The predicted octanol–water partition coefficient (Wildman–Crippen LogP) is 23.1. The number of nitrogens with zero attached hydrogens (tertiary/aromatic N) is 4. The molecule has 466 valence electrons. The van der Waals surface area contributed by atoms with Crippen LogP contribution in [0.2, 0.25) is 5.02 Å². The maximum absolute atomic E-state index is 6.72. The minimum absolute atomic E-state index is 0.379. The van der Waals surface area contributed by atoms with Crippen molar-refractivity contribution in [1.82, 2.24) is 19.9 Å². The SMILES string of the molecule is CC1(C)OB(c2cccc(-c3cnc4c5ccccc5c5ccccc5c4n3)c2)OC1(C)C.Clc1cccc2c1oc1c2ccc2oc3ccccc3c21.c1cc(-c2cnc3c4ccccc4c4ccccc4c3n2)cc(-c2cccc3c2oc2c3ccc3oc4ccccc4c32)c1. The van der Waals surface area contributed by atoms with Gasteiger partial charge in [-0.15, -0.1) is 0 Å². The first-order chi connectivity index (χ1) is 48.0. The summed E-state index contributed by atoms with van der Waals surface area (Å²) >= 11 is 6.25. The second-order valence-electron chi connectivity index (χ2n) is 26.2. The van der Waals surface area contributed by atoms with E-state index in [0.29, 0.717) is 5.02 Å². The Morgan fingerprint density at radius 1 is 0.306 bits per heavy atom. The highest BCUT2D eigenvalue weighted by molar-refractivity contribution is 6.62. The van der Waals surface area contributed by atoms with Crippen LogP contribution in [0.25, 0.3) is 187 Å². The molecule has 1 aliphatic rings. The normalized spacial score (nSPS) is 13.8. The van der Waals surface area contributed by atoms with Crippen LogP contribution in [-0.2, 0) is 9.31 Å². The summed E-state index contributed by atoms with van der Waals surface area (Å²) in [5.74, 6) is 0. The summed E-state index contributed by atoms with van der Waals surface area (Å²) in [7, 11) is -0.409. The lowest BCUT2D eigenvalue weighted by Gasteiger charge is -2.32. The molecule has 0 saturated carbocycles. The maximum Gasteiger partial charge on any atom is 0.494 e. The molecule has 1 saturated heterocycles. The molecule has 0 radical (unpaired) electrons. The van der Waals surface area contributed by atoms with E-state index >= 15 is 0 Å². The van der Waals surface area contributed by atoms with Crippen LogP contribution in [0.5, 0.6) is 0 Å². The minimum atomic E-state index is -0.409. The van der Waals surface area contributed by atoms with E-state index in [0.717, 1.165) is 170 Å². The van der Waals surface area contributed by atoms with Crippen LogP contribution in [0.4, 0.5) is 0 Å². The van der Waals surface area contributed by atoms with Crippen molar-refractivity contribution < 1.29 is 27.0 Å². The molecule has 0 amide bonds. The van der Waals surface area contributed by atoms with E-state index in [1.54, 1.807) is 0 Å². The van der Waals surface area contributed by atoms with E-state index in [2.05, 4.69) is 198 Å². The van der Waals surface area contributed by atoms with Crippen LogP contribution in [0.3, 0.4) is 0 Å². The Morgan fingerprint density at radius 2 is 0.694 bits per heavy atom. The van der Waals surface area contributed by atoms with Crippen molar-refractivity contribution in [2.24, 2.45) is 0 Å². The number of hydrogen-bond acceptors (Lipinski definition) is 10. The molecule has 0 unspecified atom stereocenters. The third kappa shape index (κ3) is 9.11. The summed E-state index contributed by atoms with van der Waals surface area (Å²) in [6, 6.07) is 86.9. The predicted molar refractivity (Wildman–Crippen MR) is 402 cm³/mol. The van der Waals surface area contributed by atoms with Gasteiger partial charge in [-0.25, -0.2) is 9.97 Å². The maximum atomic E-state index is 6.72. The van der Waals surface area contributed by atoms with Gasteiger partial charge in [0.15, 0.2) is 5.58 Å². The van der Waals surface area contributed by atoms with Crippen LogP contribution < -0.4 is 5.46 Å². The average Bonchev–Trinajstić information content (AvgIpc) is 1.45. The first kappa shape index (κ1) is 57.7. The van der Waals surface area contributed by atoms with Crippen LogP contribution in [-0.4, -0.2) is 38.3 Å². The Bertz CT molecular complexity index is 6620. The Labute approximate surface area is 565 Å². The molecule has 21 rings (SSSR count). The largest absolute Gasteiger partial charge is 0.494 e. The van der Waals surface area contributed by atoms with Crippen LogP contribution in [0.15, 0.2) is 285 Å². The zero-order valence-corrected chi connectivity index (χ0v) is 54.4. The van der Waals surface area contributed by atoms with Gasteiger partial charge in [-0.2, -0.15) is 0 Å². The van der Waals surface area contributed by atoms with Gasteiger partial charge >= 0.3 is 7.12 Å². The summed E-state index contributed by atoms with van der Waals surface area (Å²) in [5, 5.41) is 18.3. The van der Waals surface area contributed by atoms with Crippen molar-refractivity contribution in [1.29, 1.82) is 0 Å². The Hall–Kier alpha value is -11.7. The molecule has 0 N–H and O–H groups in total. The third-order valence-electron chi connectivity index (χ3n) is 20.0. The van der Waals surface area contributed by atoms with Gasteiger partial charge in [-0.1, -0.05) is 218 Å². The van der Waals surface area contributed by atoms with Gasteiger partial charge in [0.2, 0.25) is 0 Å². The summed E-state index contributed by atoms with van der Waals surface area (Å²) in [4.78, 5) is 20.2. The van der Waals surface area contributed by atoms with E-state index in [4.69, 9.17) is 58.5 Å². The first-order valence-electron chi connectivity index (χ1n) is 32.8. The number of fused-ring (bicyclic) bond motifs is 26. The van der Waals surface area contributed by atoms with E-state index in [-0.39, 0.29) is 11.2 Å². The molecule has 20 aromatic rings. The second kappa shape index (κ2) is 22.2. The highest BCUT2D eigenvalue weighted by atomic mass is 35.5. The van der Waals surface area contributed by atoms with Crippen molar-refractivity contribution in [3.63, 3.8) is 0 Å². The van der Waals surface area contributed by atoms with Gasteiger partial charge in [0.25, 0.3) is 0 Å². The van der Waals surface area contributed by atoms with Gasteiger partial charge in [-0.3, -0.25) is 9.97 Å². The van der Waals surface area contributed by atoms with Crippen molar-refractivity contribution in [2.45, 2.75) is 38.9 Å². The smallest absolute Gasteiger partial charge is 0.456 e. The van der Waals surface area contributed by atoms with E-state index in [1.807, 2.05) is 97.3 Å². The molecule has 98 heavy (non-hydrogen) atoms. The average molecular weight is 1290 g/mol. The van der Waals surface area contributed by atoms with Crippen LogP contribution >= 0.6 is 11.6 Å². The summed E-state index contributed by atoms with van der Waals surface area (Å²) < 4.78 is 37.3. The third-order valence-corrected chi connectivity index (χ3v) is 20.3. The standard InChI is InChI=1S/C40H22N2O2.C28H25BN2O2.C18H9ClO2/c1-3-13-28-26(11-1)27-12-2-4-14-29(27)38-37(28)41-22-33(42-38)24-10-7-9-23(21-24)25-16-8-17-30-31-19-20-35-36(40(31)44-39(25)30)32-15-5-6-18-34(32)43-35;1-27(2)28(3,4)33-29(32-27)19-11-9-10-18(16-19)24-17-30-25-22-14-7-5-12-20(22)21-13-6-8-15-23(21)26(25)31-24;19-13-6-3-5-10-11-8-9-15-16(18(11)21-17(10)13)12-4-1-2-7-14(12)20-15/h1-22H;5-17H,1-4H3;1-9H. The molecule has 10 nitrogen and oxygen atoms in total. The molecule has 0 spiro atoms. The summed E-state index contributed by atoms with van der Waals surface area (Å²) in [5.41, 5.74) is 16.3. The molecule has 1 fully saturated rings. The quantitative estimate of drug-likeness (QED) is 0.124. The number of rotatable bonds is 4. The fourth-order valence-corrected chi connectivity index (χ4v) is 14.7. The lowest BCUT2D eigenvalue weighted by atomic mass is 9.78. The molecule has 6 aromatic heterocycles. The summed E-state index contributed by atoms with van der Waals surface area (Å²) in [6.45, 7) is 8.28. The van der Waals surface area contributed by atoms with Gasteiger partial charge in [0.05, 0.1) is 72.8 Å². The zero-order valence-electron chi connectivity index (χ0n) is 53.6. The molecular weight excluding hydrogens is 1230 g/mol. The number of aromatic nitrogens is 4. The van der Waals surface area contributed by atoms with Crippen molar-refractivity contribution >= 4 is 177 Å². The summed E-state index contributed by atoms with van der Waals surface area (Å²) in [6.07, 6.45) is 3.76. The molecule has 0 atom stereocenters. The molecule has 12 heteroatoms. The minimum Gasteiger partial charge on any atom is -0.456 e. The highest BCUT2D eigenvalue weighted by Gasteiger charge is 2.51. The fourth-order valence-electron chi connectivity index (χ4n) is 14.5. The lowest BCUT2D eigenvalue weighted by Crippen LogP contribution is -2.41. The van der Waals surface area contributed by atoms with E-state index in [9.17, 15) is 0 Å². The molecule has 0 bridgehead atoms. The number of furan rings is 4. The molecule has 0 aliphatic carbocycles. The van der Waals surface area contributed by atoms with Crippen molar-refractivity contribution in [3.8, 4) is 33.6 Å². The highest BCUT2D eigenvalue weighted by Crippen LogP contribution is 2.45. The topological polar surface area (TPSA) is 123 Å². The van der Waals surface area contributed by atoms with Crippen molar-refractivity contribution in [3.05, 3.63) is 272 Å². The molecule has 1 aliphatic heterocycles. The van der Waals surface area contributed by atoms with Crippen LogP contribution in [0, 0.1) is 0 Å². The van der Waals surface area contributed by atoms with Gasteiger partial charge in [0, 0.05) is 70.6 Å². The monoisotopic (exact) mass is 1290 g/mol. The van der Waals surface area contributed by atoms with Crippen molar-refractivity contribution in [2.75, 3.05) is 0 Å². The number of para-hydroxylation sites is 4. The van der Waals surface area contributed by atoms with Gasteiger partial charge in [-0.05, 0) is 109 Å². The van der Waals surface area contributed by atoms with Gasteiger partial charge in [0.1, 0.15) is 39.1 Å². The number of halogens is 1. The Morgan fingerprint density at radius 3 is 1.21 bits per heavy atom. The first-order valence-corrected chi connectivity index (χ1v) is 33.2. The van der Waals surface area contributed by atoms with E-state index in [1.165, 1.54) is 21.5 Å². The Kier molecular flexibility index (Phi) is 13.1. The molecule has 14 aromatic carbocycles. The fraction of sp³-hybridized carbons (Fsp3) is 0.0698.